The minimum atomic E-state index is -0.478. The number of amides is 2. The zero-order valence-electron chi connectivity index (χ0n) is 9.78. The van der Waals surface area contributed by atoms with Crippen molar-refractivity contribution in [1.29, 1.82) is 0 Å². The molecule has 6 heteroatoms. The van der Waals surface area contributed by atoms with Crippen LogP contribution in [0.1, 0.15) is 13.3 Å². The van der Waals surface area contributed by atoms with Crippen LogP contribution in [0.2, 0.25) is 0 Å². The van der Waals surface area contributed by atoms with E-state index in [0.29, 0.717) is 6.54 Å². The third-order valence-corrected chi connectivity index (χ3v) is 2.59. The summed E-state index contributed by atoms with van der Waals surface area (Å²) in [5, 5.41) is 5.38. The first-order chi connectivity index (χ1) is 7.58. The molecule has 1 aliphatic rings. The summed E-state index contributed by atoms with van der Waals surface area (Å²) in [6.45, 7) is 2.20. The predicted molar refractivity (Wildman–Crippen MR) is 56.5 cm³/mol. The average Bonchev–Trinajstić information content (AvgIpc) is 2.66. The quantitative estimate of drug-likeness (QED) is 0.609. The Morgan fingerprint density at radius 2 is 2.12 bits per heavy atom. The number of rotatable bonds is 5. The number of hydrogen-bond donors (Lipinski definition) is 2. The predicted octanol–water partition coefficient (Wildman–Crippen LogP) is -0.754. The SMILES string of the molecule is COC(OC)C(C)NC(=O)C1CNC(=O)C1. The summed E-state index contributed by atoms with van der Waals surface area (Å²) in [5.74, 6) is -0.517. The molecule has 0 aromatic heterocycles. The topological polar surface area (TPSA) is 76.7 Å². The minimum Gasteiger partial charge on any atom is -0.355 e. The Hall–Kier alpha value is -1.14. The van der Waals surface area contributed by atoms with Gasteiger partial charge in [-0.2, -0.15) is 0 Å². The summed E-state index contributed by atoms with van der Waals surface area (Å²) in [6, 6.07) is -0.252. The molecule has 16 heavy (non-hydrogen) atoms. The van der Waals surface area contributed by atoms with Crippen molar-refractivity contribution in [3.05, 3.63) is 0 Å². The molecule has 6 nitrogen and oxygen atoms in total. The van der Waals surface area contributed by atoms with E-state index in [1.807, 2.05) is 0 Å². The fraction of sp³-hybridized carbons (Fsp3) is 0.800. The molecule has 2 unspecified atom stereocenters. The van der Waals surface area contributed by atoms with Crippen LogP contribution in [0.4, 0.5) is 0 Å². The van der Waals surface area contributed by atoms with Crippen LogP contribution >= 0.6 is 0 Å². The van der Waals surface area contributed by atoms with Gasteiger partial charge in [0.15, 0.2) is 6.29 Å². The largest absolute Gasteiger partial charge is 0.355 e. The summed E-state index contributed by atoms with van der Waals surface area (Å²) in [6.07, 6.45) is -0.225. The van der Waals surface area contributed by atoms with Crippen LogP contribution < -0.4 is 10.6 Å². The molecule has 1 rings (SSSR count). The first-order valence-corrected chi connectivity index (χ1v) is 5.21. The maximum absolute atomic E-state index is 11.7. The molecule has 92 valence electrons. The lowest BCUT2D eigenvalue weighted by Crippen LogP contribution is -2.45. The summed E-state index contributed by atoms with van der Waals surface area (Å²) in [5.41, 5.74) is 0. The number of nitrogens with one attached hydrogen (secondary N) is 2. The lowest BCUT2D eigenvalue weighted by molar-refractivity contribution is -0.138. The van der Waals surface area contributed by atoms with Crippen molar-refractivity contribution in [2.24, 2.45) is 5.92 Å². The Labute approximate surface area is 94.7 Å². The van der Waals surface area contributed by atoms with Crippen molar-refractivity contribution >= 4 is 11.8 Å². The van der Waals surface area contributed by atoms with Gasteiger partial charge in [-0.1, -0.05) is 0 Å². The fourth-order valence-electron chi connectivity index (χ4n) is 1.71. The minimum absolute atomic E-state index is 0.0807. The van der Waals surface area contributed by atoms with Gasteiger partial charge in [0, 0.05) is 27.2 Å². The fourth-order valence-corrected chi connectivity index (χ4v) is 1.71. The molecule has 0 spiro atoms. The van der Waals surface area contributed by atoms with Gasteiger partial charge in [0.25, 0.3) is 0 Å². The van der Waals surface area contributed by atoms with Crippen LogP contribution in [0.25, 0.3) is 0 Å². The van der Waals surface area contributed by atoms with E-state index >= 15 is 0 Å². The number of hydrogen-bond acceptors (Lipinski definition) is 4. The normalized spacial score (nSPS) is 22.0. The van der Waals surface area contributed by atoms with Crippen molar-refractivity contribution in [3.63, 3.8) is 0 Å². The monoisotopic (exact) mass is 230 g/mol. The van der Waals surface area contributed by atoms with Crippen LogP contribution in [0.5, 0.6) is 0 Å². The second kappa shape index (κ2) is 5.81. The highest BCUT2D eigenvalue weighted by Gasteiger charge is 2.29. The molecule has 0 saturated carbocycles. The molecule has 0 aromatic rings. The van der Waals surface area contributed by atoms with E-state index in [0.717, 1.165) is 0 Å². The van der Waals surface area contributed by atoms with E-state index in [2.05, 4.69) is 10.6 Å². The second-order valence-corrected chi connectivity index (χ2v) is 3.84. The highest BCUT2D eigenvalue weighted by Crippen LogP contribution is 2.10. The number of carbonyl (C=O) groups excluding carboxylic acids is 2. The van der Waals surface area contributed by atoms with Gasteiger partial charge in [0.2, 0.25) is 11.8 Å². The van der Waals surface area contributed by atoms with Crippen LogP contribution in [0.15, 0.2) is 0 Å². The Kier molecular flexibility index (Phi) is 4.70. The molecule has 1 aliphatic heterocycles. The van der Waals surface area contributed by atoms with Crippen molar-refractivity contribution in [2.75, 3.05) is 20.8 Å². The second-order valence-electron chi connectivity index (χ2n) is 3.84. The van der Waals surface area contributed by atoms with E-state index in [1.54, 1.807) is 6.92 Å². The van der Waals surface area contributed by atoms with Gasteiger partial charge in [-0.15, -0.1) is 0 Å². The summed E-state index contributed by atoms with van der Waals surface area (Å²) in [7, 11) is 3.02. The van der Waals surface area contributed by atoms with E-state index in [1.165, 1.54) is 14.2 Å². The highest BCUT2D eigenvalue weighted by molar-refractivity contribution is 5.89. The first kappa shape index (κ1) is 12.9. The first-order valence-electron chi connectivity index (χ1n) is 5.21. The van der Waals surface area contributed by atoms with Gasteiger partial charge < -0.3 is 20.1 Å². The molecule has 1 saturated heterocycles. The number of ether oxygens (including phenoxy) is 2. The van der Waals surface area contributed by atoms with Crippen molar-refractivity contribution in [3.8, 4) is 0 Å². The lowest BCUT2D eigenvalue weighted by atomic mass is 10.1. The van der Waals surface area contributed by atoms with Crippen LogP contribution in [0, 0.1) is 5.92 Å². The van der Waals surface area contributed by atoms with E-state index in [4.69, 9.17) is 9.47 Å². The van der Waals surface area contributed by atoms with Crippen molar-refractivity contribution in [2.45, 2.75) is 25.7 Å². The molecule has 2 atom stereocenters. The average molecular weight is 230 g/mol. The van der Waals surface area contributed by atoms with Gasteiger partial charge in [0.1, 0.15) is 0 Å². The van der Waals surface area contributed by atoms with E-state index < -0.39 is 6.29 Å². The molecule has 2 amide bonds. The summed E-state index contributed by atoms with van der Waals surface area (Å²) < 4.78 is 10.1. The Morgan fingerprint density at radius 1 is 1.50 bits per heavy atom. The third-order valence-electron chi connectivity index (χ3n) is 2.59. The Bertz CT molecular complexity index is 266. The van der Waals surface area contributed by atoms with Gasteiger partial charge >= 0.3 is 0 Å². The lowest BCUT2D eigenvalue weighted by Gasteiger charge is -2.23. The standard InChI is InChI=1S/C10H18N2O4/c1-6(10(15-2)16-3)12-9(14)7-4-8(13)11-5-7/h6-7,10H,4-5H2,1-3H3,(H,11,13)(H,12,14). The number of methoxy groups -OCH3 is 2. The molecule has 2 N–H and O–H groups in total. The molecule has 0 aliphatic carbocycles. The Morgan fingerprint density at radius 3 is 2.56 bits per heavy atom. The maximum Gasteiger partial charge on any atom is 0.225 e. The van der Waals surface area contributed by atoms with Crippen LogP contribution in [0.3, 0.4) is 0 Å². The molecule has 0 radical (unpaired) electrons. The molecular weight excluding hydrogens is 212 g/mol. The van der Waals surface area contributed by atoms with Crippen molar-refractivity contribution in [1.82, 2.24) is 10.6 Å². The third kappa shape index (κ3) is 3.18. The molecular formula is C10H18N2O4. The van der Waals surface area contributed by atoms with Crippen molar-refractivity contribution < 1.29 is 19.1 Å². The molecule has 0 bridgehead atoms. The summed E-state index contributed by atoms with van der Waals surface area (Å²) >= 11 is 0. The van der Waals surface area contributed by atoms with Crippen LogP contribution in [-0.4, -0.2) is 44.9 Å². The van der Waals surface area contributed by atoms with Gasteiger partial charge in [-0.3, -0.25) is 9.59 Å². The zero-order chi connectivity index (χ0) is 12.1. The maximum atomic E-state index is 11.7. The molecule has 0 aromatic carbocycles. The van der Waals surface area contributed by atoms with Gasteiger partial charge in [-0.25, -0.2) is 0 Å². The summed E-state index contributed by atoms with van der Waals surface area (Å²) in [4.78, 5) is 22.7. The van der Waals surface area contributed by atoms with Crippen LogP contribution in [-0.2, 0) is 19.1 Å². The van der Waals surface area contributed by atoms with Gasteiger partial charge in [-0.05, 0) is 6.92 Å². The molecule has 1 heterocycles. The number of carbonyl (C=O) groups is 2. The molecule has 1 fully saturated rings. The highest BCUT2D eigenvalue weighted by atomic mass is 16.7. The Balaban J connectivity index is 2.41. The zero-order valence-corrected chi connectivity index (χ0v) is 9.78. The van der Waals surface area contributed by atoms with E-state index in [9.17, 15) is 9.59 Å². The smallest absolute Gasteiger partial charge is 0.225 e. The van der Waals surface area contributed by atoms with Gasteiger partial charge in [0.05, 0.1) is 12.0 Å². The van der Waals surface area contributed by atoms with E-state index in [-0.39, 0.29) is 30.2 Å².